The first-order valence-electron chi connectivity index (χ1n) is 15.7. The Morgan fingerprint density at radius 1 is 0.514 bits per heavy atom. The zero-order valence-corrected chi connectivity index (χ0v) is 25.4. The number of ether oxygens (including phenoxy) is 3. The van der Waals surface area contributed by atoms with Gasteiger partial charge in [-0.3, -0.25) is 4.55 Å². The van der Waals surface area contributed by atoms with Gasteiger partial charge in [-0.05, 0) is 19.3 Å². The van der Waals surface area contributed by atoms with Crippen LogP contribution in [-0.4, -0.2) is 57.9 Å². The molecule has 6 nitrogen and oxygen atoms in total. The van der Waals surface area contributed by atoms with Crippen LogP contribution < -0.4 is 0 Å². The molecule has 0 aromatic heterocycles. The van der Waals surface area contributed by atoms with E-state index in [9.17, 15) is 8.42 Å². The van der Waals surface area contributed by atoms with Crippen molar-refractivity contribution in [3.63, 3.8) is 0 Å². The van der Waals surface area contributed by atoms with Crippen LogP contribution in [0.1, 0.15) is 149 Å². The molecule has 0 heterocycles. The fourth-order valence-corrected chi connectivity index (χ4v) is 4.93. The minimum absolute atomic E-state index is 0.201. The summed E-state index contributed by atoms with van der Waals surface area (Å²) in [6.45, 7) is 7.15. The molecular weight excluding hydrogens is 488 g/mol. The molecule has 0 saturated carbocycles. The molecule has 224 valence electrons. The molecular formula is C30H62O6S. The number of rotatable bonds is 31. The van der Waals surface area contributed by atoms with Gasteiger partial charge in [0.1, 0.15) is 6.10 Å². The third kappa shape index (κ3) is 31.9. The molecule has 0 saturated heterocycles. The second-order valence-corrected chi connectivity index (χ2v) is 12.2. The van der Waals surface area contributed by atoms with Crippen molar-refractivity contribution in [2.75, 3.05) is 38.8 Å². The summed E-state index contributed by atoms with van der Waals surface area (Å²) in [7, 11) is -3.95. The van der Waals surface area contributed by atoms with Crippen LogP contribution in [0.5, 0.6) is 0 Å². The Labute approximate surface area is 230 Å². The van der Waals surface area contributed by atoms with Gasteiger partial charge in [-0.2, -0.15) is 8.42 Å². The Bertz CT molecular complexity index is 512. The van der Waals surface area contributed by atoms with E-state index in [4.69, 9.17) is 18.8 Å². The van der Waals surface area contributed by atoms with E-state index in [1.165, 1.54) is 116 Å². The summed E-state index contributed by atoms with van der Waals surface area (Å²) in [5.74, 6) is -0.279. The Morgan fingerprint density at radius 2 is 0.865 bits per heavy atom. The van der Waals surface area contributed by atoms with Crippen molar-refractivity contribution in [2.24, 2.45) is 0 Å². The molecule has 0 aliphatic rings. The Kier molecular flexibility index (Phi) is 28.6. The van der Waals surface area contributed by atoms with Gasteiger partial charge >= 0.3 is 0 Å². The molecule has 37 heavy (non-hydrogen) atoms. The summed E-state index contributed by atoms with van der Waals surface area (Å²) in [5, 5.41) is 0. The third-order valence-electron chi connectivity index (χ3n) is 6.79. The summed E-state index contributed by atoms with van der Waals surface area (Å²) in [6.07, 6.45) is 26.1. The molecule has 0 fully saturated rings. The number of hydrogen-bond acceptors (Lipinski definition) is 5. The summed E-state index contributed by atoms with van der Waals surface area (Å²) in [6, 6.07) is 0. The second-order valence-electron chi connectivity index (χ2n) is 10.6. The van der Waals surface area contributed by atoms with Crippen molar-refractivity contribution in [3.05, 3.63) is 0 Å². The summed E-state index contributed by atoms with van der Waals surface area (Å²) in [4.78, 5) is 0. The topological polar surface area (TPSA) is 82.1 Å². The molecule has 7 heteroatoms. The highest BCUT2D eigenvalue weighted by atomic mass is 32.2. The molecule has 0 aliphatic carbocycles. The van der Waals surface area contributed by atoms with E-state index in [1.54, 1.807) is 0 Å². The first-order valence-corrected chi connectivity index (χ1v) is 17.3. The zero-order chi connectivity index (χ0) is 27.3. The van der Waals surface area contributed by atoms with Crippen LogP contribution in [0.2, 0.25) is 0 Å². The highest BCUT2D eigenvalue weighted by Crippen LogP contribution is 2.12. The summed E-state index contributed by atoms with van der Waals surface area (Å²) < 4.78 is 48.3. The molecule has 0 amide bonds. The minimum Gasteiger partial charge on any atom is -0.379 e. The lowest BCUT2D eigenvalue weighted by atomic mass is 10.1. The van der Waals surface area contributed by atoms with Crippen molar-refractivity contribution >= 4 is 10.1 Å². The fraction of sp³-hybridized carbons (Fsp3) is 1.00. The van der Waals surface area contributed by atoms with Gasteiger partial charge in [0.05, 0.1) is 19.0 Å². The average molecular weight is 551 g/mol. The molecule has 0 radical (unpaired) electrons. The van der Waals surface area contributed by atoms with Gasteiger partial charge in [0, 0.05) is 19.8 Å². The van der Waals surface area contributed by atoms with Crippen LogP contribution in [0.25, 0.3) is 0 Å². The van der Waals surface area contributed by atoms with Crippen LogP contribution in [-0.2, 0) is 24.3 Å². The van der Waals surface area contributed by atoms with Gasteiger partial charge in [0.2, 0.25) is 0 Å². The fourth-order valence-electron chi connectivity index (χ4n) is 4.45. The van der Waals surface area contributed by atoms with Crippen LogP contribution in [0.4, 0.5) is 0 Å². The Balaban J connectivity index is 3.84. The van der Waals surface area contributed by atoms with E-state index in [1.807, 2.05) is 0 Å². The Morgan fingerprint density at radius 3 is 1.22 bits per heavy atom. The lowest BCUT2D eigenvalue weighted by molar-refractivity contribution is -0.0604. The Hall–Kier alpha value is -0.210. The molecule has 0 unspecified atom stereocenters. The first-order chi connectivity index (χ1) is 18.0. The average Bonchev–Trinajstić information content (AvgIpc) is 2.86. The van der Waals surface area contributed by atoms with E-state index in [2.05, 4.69) is 13.8 Å². The standard InChI is InChI=1S/C30H62O6S/c1-3-5-7-9-11-13-15-17-19-21-24-34-28-30(36-26-23-27-37(31,32)33)29-35-25-22-20-18-16-14-12-10-8-6-4-2/h30H,3-29H2,1-2H3,(H,31,32,33). The molecule has 0 atom stereocenters. The van der Waals surface area contributed by atoms with Gasteiger partial charge in [0.15, 0.2) is 0 Å². The quantitative estimate of drug-likeness (QED) is 0.0688. The first kappa shape index (κ1) is 36.8. The summed E-state index contributed by atoms with van der Waals surface area (Å²) >= 11 is 0. The van der Waals surface area contributed by atoms with Crippen molar-refractivity contribution in [2.45, 2.75) is 155 Å². The molecule has 0 rings (SSSR count). The maximum absolute atomic E-state index is 10.9. The highest BCUT2D eigenvalue weighted by molar-refractivity contribution is 7.85. The molecule has 0 bridgehead atoms. The van der Waals surface area contributed by atoms with Gasteiger partial charge in [-0.15, -0.1) is 0 Å². The smallest absolute Gasteiger partial charge is 0.264 e. The largest absolute Gasteiger partial charge is 0.379 e. The third-order valence-corrected chi connectivity index (χ3v) is 7.60. The lowest BCUT2D eigenvalue weighted by Crippen LogP contribution is -2.27. The summed E-state index contributed by atoms with van der Waals surface area (Å²) in [5.41, 5.74) is 0. The molecule has 0 aromatic carbocycles. The van der Waals surface area contributed by atoms with Crippen molar-refractivity contribution in [1.29, 1.82) is 0 Å². The second kappa shape index (κ2) is 28.8. The SMILES string of the molecule is CCCCCCCCCCCCOCC(COCCCCCCCCCCCC)OCCCS(=O)(=O)O. The predicted molar refractivity (Wildman–Crippen MR) is 156 cm³/mol. The van der Waals surface area contributed by atoms with Crippen molar-refractivity contribution < 1.29 is 27.2 Å². The highest BCUT2D eigenvalue weighted by Gasteiger charge is 2.12. The maximum atomic E-state index is 10.9. The maximum Gasteiger partial charge on any atom is 0.264 e. The van der Waals surface area contributed by atoms with Crippen LogP contribution in [0.15, 0.2) is 0 Å². The van der Waals surface area contributed by atoms with E-state index in [-0.39, 0.29) is 24.9 Å². The number of hydrogen-bond donors (Lipinski definition) is 1. The van der Waals surface area contributed by atoms with E-state index in [0.717, 1.165) is 26.1 Å². The van der Waals surface area contributed by atoms with Gasteiger partial charge in [-0.1, -0.05) is 129 Å². The molecule has 1 N–H and O–H groups in total. The molecule has 0 spiro atoms. The normalized spacial score (nSPS) is 12.1. The van der Waals surface area contributed by atoms with Crippen molar-refractivity contribution in [3.8, 4) is 0 Å². The van der Waals surface area contributed by atoms with E-state index in [0.29, 0.717) is 13.2 Å². The van der Waals surface area contributed by atoms with Gasteiger partial charge in [-0.25, -0.2) is 0 Å². The zero-order valence-electron chi connectivity index (χ0n) is 24.6. The minimum atomic E-state index is -3.95. The lowest BCUT2D eigenvalue weighted by Gasteiger charge is -2.18. The molecule has 0 aromatic rings. The van der Waals surface area contributed by atoms with Crippen LogP contribution >= 0.6 is 0 Å². The van der Waals surface area contributed by atoms with Gasteiger partial charge < -0.3 is 14.2 Å². The van der Waals surface area contributed by atoms with Crippen LogP contribution in [0.3, 0.4) is 0 Å². The number of unbranched alkanes of at least 4 members (excludes halogenated alkanes) is 18. The van der Waals surface area contributed by atoms with Gasteiger partial charge in [0.25, 0.3) is 10.1 Å². The van der Waals surface area contributed by atoms with E-state index >= 15 is 0 Å². The van der Waals surface area contributed by atoms with Crippen LogP contribution in [0, 0.1) is 0 Å². The van der Waals surface area contributed by atoms with Crippen molar-refractivity contribution in [1.82, 2.24) is 0 Å². The molecule has 0 aliphatic heterocycles. The van der Waals surface area contributed by atoms with E-state index < -0.39 is 10.1 Å². The predicted octanol–water partition coefficient (Wildman–Crippen LogP) is 8.52. The monoisotopic (exact) mass is 550 g/mol.